The number of benzene rings is 1. The van der Waals surface area contributed by atoms with Gasteiger partial charge in [-0.3, -0.25) is 9.59 Å². The first-order valence-electron chi connectivity index (χ1n) is 22.6. The standard InChI is InChI=1S/C49H66N4O6/c1-59-44-23-35-7-11-45(57)49(17-12-31(21-46(49)58)27-48(15-2-3-16-48)38-22-36-6-10-40(55)25-42(36)52-30-38)18-13-33(41(35)26-43(44)56)4-8-39(54)9-5-34-24-47(50)53-29-37(34)20-32-14-19-51-28-32/h14,19,23-24,26,28,31,33,36,38-39,42,46,51-54,56,58H,2-12,15-17,20-22,25,27,29-30,50H2,1H3/t31-,33+,36-,38-,39+,42-,46-,49-/m1/s1. The third-order valence-corrected chi connectivity index (χ3v) is 15.6. The molecule has 4 fully saturated rings. The molecule has 318 valence electrons. The number of rotatable bonds is 12. The second-order valence-electron chi connectivity index (χ2n) is 19.1. The number of ketones is 2. The Hall–Kier alpha value is -4.04. The molecule has 2 aromatic rings. The van der Waals surface area contributed by atoms with Gasteiger partial charge in [-0.15, -0.1) is 0 Å². The van der Waals surface area contributed by atoms with Crippen molar-refractivity contribution in [3.8, 4) is 23.3 Å². The van der Waals surface area contributed by atoms with Gasteiger partial charge in [-0.1, -0.05) is 24.7 Å². The van der Waals surface area contributed by atoms with E-state index in [1.807, 2.05) is 24.5 Å². The van der Waals surface area contributed by atoms with Crippen molar-refractivity contribution in [3.05, 3.63) is 70.3 Å². The molecule has 59 heavy (non-hydrogen) atoms. The number of phenolic OH excluding ortho intramolecular Hbond substituents is 1. The molecular weight excluding hydrogens is 741 g/mol. The molecule has 8 atom stereocenters. The van der Waals surface area contributed by atoms with Crippen molar-refractivity contribution < 1.29 is 29.6 Å². The van der Waals surface area contributed by atoms with E-state index in [0.29, 0.717) is 99.1 Å². The minimum absolute atomic E-state index is 0.00223. The molecule has 0 amide bonds. The Morgan fingerprint density at radius 2 is 1.92 bits per heavy atom. The summed E-state index contributed by atoms with van der Waals surface area (Å²) in [5.74, 6) is 9.52. The van der Waals surface area contributed by atoms with Crippen molar-refractivity contribution >= 4 is 11.6 Å². The third kappa shape index (κ3) is 9.04. The number of dihydropyridines is 1. The van der Waals surface area contributed by atoms with E-state index in [4.69, 9.17) is 10.5 Å². The van der Waals surface area contributed by atoms with Crippen LogP contribution in [0.1, 0.15) is 132 Å². The molecule has 0 bridgehead atoms. The maximum atomic E-state index is 14.4. The van der Waals surface area contributed by atoms with Gasteiger partial charge in [-0.2, -0.15) is 0 Å². The highest BCUT2D eigenvalue weighted by molar-refractivity contribution is 5.89. The summed E-state index contributed by atoms with van der Waals surface area (Å²) in [6, 6.07) is 5.96. The van der Waals surface area contributed by atoms with Crippen LogP contribution in [0, 0.1) is 40.4 Å². The molecule has 3 heterocycles. The van der Waals surface area contributed by atoms with Crippen molar-refractivity contribution in [3.63, 3.8) is 0 Å². The highest BCUT2D eigenvalue weighted by Crippen LogP contribution is 2.55. The highest BCUT2D eigenvalue weighted by Gasteiger charge is 2.51. The average Bonchev–Trinajstić information content (AvgIpc) is 3.94. The fourth-order valence-electron chi connectivity index (χ4n) is 12.1. The molecule has 8 N–H and O–H groups in total. The largest absolute Gasteiger partial charge is 0.504 e. The second kappa shape index (κ2) is 17.9. The van der Waals surface area contributed by atoms with Crippen LogP contribution in [0.5, 0.6) is 11.5 Å². The van der Waals surface area contributed by atoms with Crippen LogP contribution in [0.25, 0.3) is 0 Å². The quantitative estimate of drug-likeness (QED) is 0.116. The lowest BCUT2D eigenvalue weighted by molar-refractivity contribution is -0.135. The predicted molar refractivity (Wildman–Crippen MR) is 228 cm³/mol. The zero-order valence-corrected chi connectivity index (χ0v) is 35.0. The topological polar surface area (TPSA) is 170 Å². The number of nitrogens with one attached hydrogen (secondary N) is 3. The Morgan fingerprint density at radius 3 is 2.69 bits per heavy atom. The predicted octanol–water partition coefficient (Wildman–Crippen LogP) is 6.64. The van der Waals surface area contributed by atoms with Gasteiger partial charge in [0.2, 0.25) is 0 Å². The van der Waals surface area contributed by atoms with Gasteiger partial charge >= 0.3 is 0 Å². The number of hydrogen-bond acceptors (Lipinski definition) is 9. The van der Waals surface area contributed by atoms with E-state index in [9.17, 15) is 24.9 Å². The van der Waals surface area contributed by atoms with Gasteiger partial charge in [0.25, 0.3) is 0 Å². The minimum atomic E-state index is -1.14. The van der Waals surface area contributed by atoms with Crippen LogP contribution in [0.3, 0.4) is 0 Å². The SMILES string of the molecule is COc1cc2c(cc1O)[C@@H](CC[C@H](O)CCC1=C(Cc3cc[nH]c3)CNC(N)=C1)C#C[C@]1(CC[C@@H](CC3([C@H]4CN[C@@H]5CC(=O)CC[C@@H]5C4)CCCC3)C[C@H]1O)C(=O)CC2. The van der Waals surface area contributed by atoms with Crippen LogP contribution in [-0.4, -0.2) is 70.3 Å². The number of Topliss-reactive ketones (excluding diaryl/α,β-unsaturated/α-hetero) is 2. The van der Waals surface area contributed by atoms with Gasteiger partial charge in [0.05, 0.1) is 25.1 Å². The first kappa shape index (κ1) is 41.7. The first-order chi connectivity index (χ1) is 28.5. The number of ether oxygens (including phenoxy) is 1. The lowest BCUT2D eigenvalue weighted by Gasteiger charge is -2.49. The molecule has 4 aliphatic carbocycles. The molecule has 2 aliphatic heterocycles. The zero-order chi connectivity index (χ0) is 41.1. The highest BCUT2D eigenvalue weighted by atomic mass is 16.5. The Kier molecular flexibility index (Phi) is 12.6. The summed E-state index contributed by atoms with van der Waals surface area (Å²) >= 11 is 0. The molecule has 1 aromatic carbocycles. The number of aromatic nitrogens is 1. The van der Waals surface area contributed by atoms with Crippen molar-refractivity contribution in [1.82, 2.24) is 15.6 Å². The number of nitrogens with two attached hydrogens (primary N) is 1. The van der Waals surface area contributed by atoms with E-state index in [0.717, 1.165) is 55.3 Å². The molecule has 8 rings (SSSR count). The van der Waals surface area contributed by atoms with Crippen molar-refractivity contribution in [2.24, 2.45) is 34.3 Å². The fourth-order valence-corrected chi connectivity index (χ4v) is 12.1. The summed E-state index contributed by atoms with van der Waals surface area (Å²) in [4.78, 5) is 29.7. The number of aryl methyl sites for hydroxylation is 1. The van der Waals surface area contributed by atoms with Gasteiger partial charge in [-0.05, 0) is 172 Å². The first-order valence-corrected chi connectivity index (χ1v) is 22.6. The van der Waals surface area contributed by atoms with Crippen LogP contribution in [0.15, 0.2) is 53.6 Å². The Morgan fingerprint density at radius 1 is 1.07 bits per heavy atom. The Labute approximate surface area is 350 Å². The van der Waals surface area contributed by atoms with Crippen LogP contribution < -0.4 is 21.1 Å². The number of aliphatic hydroxyl groups excluding tert-OH is 2. The van der Waals surface area contributed by atoms with E-state index in [1.54, 1.807) is 6.07 Å². The fraction of sp³-hybridized carbons (Fsp3) is 0.633. The summed E-state index contributed by atoms with van der Waals surface area (Å²) in [6.07, 6.45) is 19.9. The molecule has 1 spiro atoms. The van der Waals surface area contributed by atoms with Crippen LogP contribution in [0.4, 0.5) is 0 Å². The van der Waals surface area contributed by atoms with Crippen LogP contribution in [0.2, 0.25) is 0 Å². The second-order valence-corrected chi connectivity index (χ2v) is 19.1. The van der Waals surface area contributed by atoms with Gasteiger partial charge < -0.3 is 41.4 Å². The lowest BCUT2D eigenvalue weighted by atomic mass is 9.58. The Bertz CT molecular complexity index is 1970. The molecule has 10 heteroatoms. The number of hydrogen-bond donors (Lipinski definition) is 7. The number of piperidine rings is 1. The van der Waals surface area contributed by atoms with E-state index in [1.165, 1.54) is 50.4 Å². The smallest absolute Gasteiger partial charge is 0.160 e. The summed E-state index contributed by atoms with van der Waals surface area (Å²) < 4.78 is 5.50. The van der Waals surface area contributed by atoms with Crippen LogP contribution in [-0.2, 0) is 22.4 Å². The van der Waals surface area contributed by atoms with E-state index >= 15 is 0 Å². The minimum Gasteiger partial charge on any atom is -0.504 e. The molecule has 1 saturated heterocycles. The van der Waals surface area contributed by atoms with E-state index in [2.05, 4.69) is 33.5 Å². The average molecular weight is 807 g/mol. The number of methoxy groups -OCH3 is 1. The van der Waals surface area contributed by atoms with Crippen molar-refractivity contribution in [2.75, 3.05) is 20.2 Å². The lowest BCUT2D eigenvalue weighted by Crippen LogP contribution is -2.53. The van der Waals surface area contributed by atoms with E-state index in [-0.39, 0.29) is 29.3 Å². The maximum absolute atomic E-state index is 14.4. The van der Waals surface area contributed by atoms with Gasteiger partial charge in [0.15, 0.2) is 17.3 Å². The number of carbonyl (C=O) groups is 2. The van der Waals surface area contributed by atoms with Crippen molar-refractivity contribution in [2.45, 2.75) is 146 Å². The zero-order valence-electron chi connectivity index (χ0n) is 35.0. The maximum Gasteiger partial charge on any atom is 0.160 e. The van der Waals surface area contributed by atoms with Gasteiger partial charge in [0, 0.05) is 50.2 Å². The number of aromatic amines is 1. The third-order valence-electron chi connectivity index (χ3n) is 15.6. The molecule has 1 aromatic heterocycles. The number of H-pyrrole nitrogens is 1. The number of phenols is 1. The molecule has 3 saturated carbocycles. The summed E-state index contributed by atoms with van der Waals surface area (Å²) in [5, 5.41) is 41.6. The van der Waals surface area contributed by atoms with Crippen LogP contribution >= 0.6 is 0 Å². The summed E-state index contributed by atoms with van der Waals surface area (Å²) in [6.45, 7) is 1.65. The number of aromatic hydroxyl groups is 1. The number of carbonyl (C=O) groups excluding carboxylic acids is 2. The van der Waals surface area contributed by atoms with E-state index < -0.39 is 17.6 Å². The Balaban J connectivity index is 0.977. The molecule has 10 nitrogen and oxygen atoms in total. The van der Waals surface area contributed by atoms with Gasteiger partial charge in [0.1, 0.15) is 11.2 Å². The van der Waals surface area contributed by atoms with Gasteiger partial charge in [-0.25, -0.2) is 0 Å². The summed E-state index contributed by atoms with van der Waals surface area (Å²) in [5.41, 5.74) is 10.7. The number of aliphatic hydroxyl groups is 2. The molecule has 0 radical (unpaired) electrons. The molecular formula is C49H66N4O6. The summed E-state index contributed by atoms with van der Waals surface area (Å²) in [7, 11) is 1.53. The molecule has 0 unspecified atom stereocenters. The molecule has 6 aliphatic rings. The number of fused-ring (bicyclic) bond motifs is 2. The number of allylic oxidation sites excluding steroid dienone is 2. The normalized spacial score (nSPS) is 31.1. The monoisotopic (exact) mass is 806 g/mol. The van der Waals surface area contributed by atoms with Crippen molar-refractivity contribution in [1.29, 1.82) is 0 Å².